The van der Waals surface area contributed by atoms with Crippen LogP contribution in [0.5, 0.6) is 0 Å². The van der Waals surface area contributed by atoms with E-state index in [0.717, 1.165) is 6.42 Å². The van der Waals surface area contributed by atoms with Crippen LogP contribution in [0.1, 0.15) is 25.7 Å². The zero-order chi connectivity index (χ0) is 8.69. The molecule has 0 aromatic carbocycles. The second-order valence-corrected chi connectivity index (χ2v) is 2.42. The Labute approximate surface area is 70.6 Å². The summed E-state index contributed by atoms with van der Waals surface area (Å²) in [7, 11) is 0. The van der Waals surface area contributed by atoms with Crippen molar-refractivity contribution in [3.8, 4) is 0 Å². The van der Waals surface area contributed by atoms with Crippen molar-refractivity contribution in [3.63, 3.8) is 0 Å². The molecule has 3 nitrogen and oxygen atoms in total. The molecule has 0 aliphatic heterocycles. The third-order valence-electron chi connectivity index (χ3n) is 1.31. The maximum Gasteiger partial charge on any atom is 0.173 e. The van der Waals surface area contributed by atoms with Crippen molar-refractivity contribution in [2.75, 3.05) is 0 Å². The molecule has 62 valence electrons. The molecular weight excluding hydrogens is 164 g/mol. The van der Waals surface area contributed by atoms with E-state index in [-0.39, 0.29) is 18.0 Å². The maximum atomic E-state index is 10.5. The Hall–Kier alpha value is -0.640. The lowest BCUT2D eigenvalue weighted by Gasteiger charge is -2.04. The van der Waals surface area contributed by atoms with Gasteiger partial charge in [-0.25, -0.2) is 0 Å². The van der Waals surface area contributed by atoms with Gasteiger partial charge in [0.05, 0.1) is 6.42 Å². The molecule has 0 aromatic heterocycles. The zero-order valence-electron chi connectivity index (χ0n) is 6.08. The Bertz CT molecular complexity index is 151. The average Bonchev–Trinajstić information content (AvgIpc) is 1.88. The Balaban J connectivity index is 0.000000292. The second-order valence-electron chi connectivity index (χ2n) is 2.21. The van der Waals surface area contributed by atoms with Crippen molar-refractivity contribution in [1.29, 1.82) is 0 Å². The van der Waals surface area contributed by atoms with Gasteiger partial charge >= 0.3 is 0 Å². The molecule has 4 heteroatoms. The Kier molecular flexibility index (Phi) is 5.74. The highest BCUT2D eigenvalue weighted by atomic mass is 32.1. The van der Waals surface area contributed by atoms with E-state index in [4.69, 9.17) is 4.79 Å². The van der Waals surface area contributed by atoms with Crippen LogP contribution in [0.15, 0.2) is 0 Å². The molecule has 0 heterocycles. The smallest absolute Gasteiger partial charge is 0.173 e. The average molecular weight is 174 g/mol. The van der Waals surface area contributed by atoms with E-state index in [9.17, 15) is 9.59 Å². The Morgan fingerprint density at radius 2 is 1.55 bits per heavy atom. The molecule has 0 saturated heterocycles. The minimum Gasteiger partial charge on any atom is -0.299 e. The summed E-state index contributed by atoms with van der Waals surface area (Å²) in [6, 6.07) is 0. The van der Waals surface area contributed by atoms with E-state index in [0.29, 0.717) is 18.5 Å². The predicted molar refractivity (Wildman–Crippen MR) is 44.2 cm³/mol. The summed E-state index contributed by atoms with van der Waals surface area (Å²) >= 11 is 3.11. The van der Waals surface area contributed by atoms with E-state index in [1.807, 2.05) is 0 Å². The number of carbonyl (C=O) groups excluding carboxylic acids is 3. The fraction of sp³-hybridized carbons (Fsp3) is 0.571. The molecule has 1 fully saturated rings. The minimum absolute atomic E-state index is 0.112. The highest BCUT2D eigenvalue weighted by Gasteiger charge is 2.14. The summed E-state index contributed by atoms with van der Waals surface area (Å²) < 4.78 is 0. The summed E-state index contributed by atoms with van der Waals surface area (Å²) in [4.78, 5) is 29.6. The van der Waals surface area contributed by atoms with Crippen LogP contribution in [0.2, 0.25) is 0 Å². The van der Waals surface area contributed by atoms with Gasteiger partial charge in [-0.3, -0.25) is 14.4 Å². The van der Waals surface area contributed by atoms with E-state index >= 15 is 0 Å². The first-order chi connectivity index (χ1) is 5.20. The van der Waals surface area contributed by atoms with Crippen molar-refractivity contribution in [2.45, 2.75) is 25.7 Å². The fourth-order valence-electron chi connectivity index (χ4n) is 0.879. The van der Waals surface area contributed by atoms with Gasteiger partial charge in [0.25, 0.3) is 0 Å². The van der Waals surface area contributed by atoms with Gasteiger partial charge in [0.1, 0.15) is 11.6 Å². The lowest BCUT2D eigenvalue weighted by atomic mass is 9.98. The Morgan fingerprint density at radius 1 is 1.18 bits per heavy atom. The predicted octanol–water partition coefficient (Wildman–Crippen LogP) is 0.805. The number of carbonyl (C=O) groups is 3. The second kappa shape index (κ2) is 6.09. The maximum absolute atomic E-state index is 10.5. The standard InChI is InChI=1S/C6H8O2.CH2OS/c7-5-2-1-3-6(8)4-5;2-1-3/h1-4H2;1H,(H,2,3). The van der Waals surface area contributed by atoms with Gasteiger partial charge in [0.2, 0.25) is 0 Å². The number of hydrogen-bond acceptors (Lipinski definition) is 3. The van der Waals surface area contributed by atoms with Crippen LogP contribution >= 0.6 is 12.6 Å². The summed E-state index contributed by atoms with van der Waals surface area (Å²) in [6.45, 7) is 0. The van der Waals surface area contributed by atoms with Gasteiger partial charge in [-0.1, -0.05) is 0 Å². The number of ketones is 2. The molecule has 0 bridgehead atoms. The van der Waals surface area contributed by atoms with E-state index < -0.39 is 0 Å². The van der Waals surface area contributed by atoms with E-state index in [2.05, 4.69) is 12.6 Å². The summed E-state index contributed by atoms with van der Waals surface area (Å²) in [5.74, 6) is 0.225. The van der Waals surface area contributed by atoms with Crippen LogP contribution in [0.3, 0.4) is 0 Å². The van der Waals surface area contributed by atoms with Gasteiger partial charge in [-0.15, -0.1) is 12.6 Å². The zero-order valence-corrected chi connectivity index (χ0v) is 6.97. The SMILES string of the molecule is O=C1CCCC(=O)C1.O=CS. The molecule has 0 N–H and O–H groups in total. The molecule has 0 unspecified atom stereocenters. The fourth-order valence-corrected chi connectivity index (χ4v) is 0.879. The molecule has 1 aliphatic rings. The highest BCUT2D eigenvalue weighted by molar-refractivity contribution is 7.94. The van der Waals surface area contributed by atoms with Crippen LogP contribution in [0.4, 0.5) is 0 Å². The molecule has 0 aromatic rings. The molecule has 11 heavy (non-hydrogen) atoms. The molecule has 0 spiro atoms. The van der Waals surface area contributed by atoms with Crippen molar-refractivity contribution in [1.82, 2.24) is 0 Å². The minimum atomic E-state index is 0.112. The lowest BCUT2D eigenvalue weighted by Crippen LogP contribution is -2.13. The largest absolute Gasteiger partial charge is 0.299 e. The molecule has 1 rings (SSSR count). The van der Waals surface area contributed by atoms with Crippen molar-refractivity contribution < 1.29 is 14.4 Å². The molecule has 0 amide bonds. The monoisotopic (exact) mass is 174 g/mol. The van der Waals surface area contributed by atoms with Crippen molar-refractivity contribution in [2.24, 2.45) is 0 Å². The number of rotatable bonds is 0. The number of hydrogen-bond donors (Lipinski definition) is 1. The van der Waals surface area contributed by atoms with Crippen LogP contribution in [0.25, 0.3) is 0 Å². The third-order valence-corrected chi connectivity index (χ3v) is 1.31. The van der Waals surface area contributed by atoms with Crippen LogP contribution in [-0.2, 0) is 14.4 Å². The van der Waals surface area contributed by atoms with E-state index in [1.165, 1.54) is 0 Å². The summed E-state index contributed by atoms with van der Waals surface area (Å²) in [5, 5.41) is 0. The highest BCUT2D eigenvalue weighted by Crippen LogP contribution is 2.09. The topological polar surface area (TPSA) is 51.2 Å². The molecule has 1 aliphatic carbocycles. The first-order valence-corrected chi connectivity index (χ1v) is 3.83. The summed E-state index contributed by atoms with van der Waals surface area (Å²) in [5.41, 5.74) is 0.444. The normalized spacial score (nSPS) is 16.8. The first-order valence-electron chi connectivity index (χ1n) is 3.32. The first kappa shape index (κ1) is 10.4. The molecule has 0 radical (unpaired) electrons. The van der Waals surface area contributed by atoms with Gasteiger partial charge in [-0.2, -0.15) is 0 Å². The van der Waals surface area contributed by atoms with Crippen LogP contribution in [0, 0.1) is 0 Å². The quantitative estimate of drug-likeness (QED) is 0.336. The molecule has 1 saturated carbocycles. The molecular formula is C7H10O3S. The number of thiol groups is 1. The summed E-state index contributed by atoms with van der Waals surface area (Å²) in [6.07, 6.45) is 2.20. The van der Waals surface area contributed by atoms with Gasteiger partial charge < -0.3 is 0 Å². The van der Waals surface area contributed by atoms with Crippen LogP contribution < -0.4 is 0 Å². The van der Waals surface area contributed by atoms with Gasteiger partial charge in [-0.05, 0) is 6.42 Å². The van der Waals surface area contributed by atoms with Gasteiger partial charge in [0, 0.05) is 12.8 Å². The lowest BCUT2D eigenvalue weighted by molar-refractivity contribution is -0.129. The van der Waals surface area contributed by atoms with Crippen molar-refractivity contribution in [3.05, 3.63) is 0 Å². The van der Waals surface area contributed by atoms with Gasteiger partial charge in [0.15, 0.2) is 5.62 Å². The van der Waals surface area contributed by atoms with E-state index in [1.54, 1.807) is 0 Å². The Morgan fingerprint density at radius 3 is 1.73 bits per heavy atom. The third kappa shape index (κ3) is 5.79. The van der Waals surface area contributed by atoms with Crippen molar-refractivity contribution >= 4 is 29.8 Å². The molecule has 0 atom stereocenters. The van der Waals surface area contributed by atoms with Crippen LogP contribution in [-0.4, -0.2) is 17.2 Å². The number of Topliss-reactive ketones (excluding diaryl/α,β-unsaturated/α-hetero) is 2.